The van der Waals surface area contributed by atoms with Gasteiger partial charge in [-0.25, -0.2) is 4.98 Å². The molecule has 5 rings (SSSR count). The van der Waals surface area contributed by atoms with Crippen molar-refractivity contribution < 1.29 is 0 Å². The molecule has 0 fully saturated rings. The van der Waals surface area contributed by atoms with E-state index in [0.717, 1.165) is 11.4 Å². The molecule has 0 saturated heterocycles. The smallest absolute Gasteiger partial charge is 0.146 e. The van der Waals surface area contributed by atoms with Crippen molar-refractivity contribution in [3.05, 3.63) is 112 Å². The molecule has 3 aromatic rings. The summed E-state index contributed by atoms with van der Waals surface area (Å²) in [6.07, 6.45) is 8.16. The number of pyridine rings is 1. The number of benzene rings is 2. The van der Waals surface area contributed by atoms with E-state index in [4.69, 9.17) is 4.98 Å². The van der Waals surface area contributed by atoms with Gasteiger partial charge in [-0.2, -0.15) is 0 Å². The molecule has 1 aromatic heterocycles. The van der Waals surface area contributed by atoms with Gasteiger partial charge in [-0.15, -0.1) is 0 Å². The van der Waals surface area contributed by atoms with E-state index in [9.17, 15) is 0 Å². The first kappa shape index (κ1) is 22.1. The van der Waals surface area contributed by atoms with Gasteiger partial charge in [0.1, 0.15) is 12.3 Å². The van der Waals surface area contributed by atoms with Crippen LogP contribution in [0, 0.1) is 41.5 Å². The zero-order valence-electron chi connectivity index (χ0n) is 20.8. The fourth-order valence-corrected chi connectivity index (χ4v) is 5.56. The second-order valence-corrected chi connectivity index (χ2v) is 9.57. The van der Waals surface area contributed by atoms with Gasteiger partial charge in [0.15, 0.2) is 0 Å². The highest BCUT2D eigenvalue weighted by Gasteiger charge is 2.29. The van der Waals surface area contributed by atoms with Gasteiger partial charge in [-0.1, -0.05) is 41.5 Å². The first-order valence-corrected chi connectivity index (χ1v) is 11.9. The molecule has 2 N–H and O–H groups in total. The summed E-state index contributed by atoms with van der Waals surface area (Å²) in [6.45, 7) is 13.0. The minimum atomic E-state index is -0.0503. The quantitative estimate of drug-likeness (QED) is 0.502. The maximum Gasteiger partial charge on any atom is 0.146 e. The normalized spacial score (nSPS) is 19.0. The topological polar surface area (TPSA) is 43.4 Å². The Labute approximate surface area is 202 Å². The molecule has 0 bridgehead atoms. The highest BCUT2D eigenvalue weighted by molar-refractivity contribution is 5.65. The largest absolute Gasteiger partial charge is 0.365 e. The van der Waals surface area contributed by atoms with Crippen LogP contribution in [0.2, 0.25) is 0 Å². The number of nitrogens with one attached hydrogen (secondary N) is 2. The molecular weight excluding hydrogens is 418 g/mol. The van der Waals surface area contributed by atoms with Crippen LogP contribution in [0.15, 0.2) is 67.3 Å². The lowest BCUT2D eigenvalue weighted by atomic mass is 10.0. The van der Waals surface area contributed by atoms with Crippen molar-refractivity contribution in [3.8, 4) is 0 Å². The first-order chi connectivity index (χ1) is 16.3. The van der Waals surface area contributed by atoms with E-state index in [-0.39, 0.29) is 12.3 Å². The van der Waals surface area contributed by atoms with E-state index in [0.29, 0.717) is 0 Å². The van der Waals surface area contributed by atoms with E-state index in [1.165, 1.54) is 44.8 Å². The molecule has 2 aliphatic heterocycles. The standard InChI is InChI=1S/C29H33N5/c1-18-14-20(3)26(21(4)15-18)33-12-10-30-28(33)24-8-7-9-25(32-24)29-31-11-13-34(29)27-22(5)16-19(2)17-23(27)6/h7-17,28-31H,1-6H3. The zero-order valence-corrected chi connectivity index (χ0v) is 20.8. The number of aryl methyl sites for hydroxylation is 6. The number of rotatable bonds is 4. The molecule has 0 aliphatic carbocycles. The summed E-state index contributed by atoms with van der Waals surface area (Å²) in [5.74, 6) is 0. The molecule has 5 heteroatoms. The molecule has 3 heterocycles. The molecule has 2 unspecified atom stereocenters. The van der Waals surface area contributed by atoms with Gasteiger partial charge in [0.2, 0.25) is 0 Å². The van der Waals surface area contributed by atoms with Gasteiger partial charge >= 0.3 is 0 Å². The molecule has 5 nitrogen and oxygen atoms in total. The Hall–Kier alpha value is -3.73. The van der Waals surface area contributed by atoms with Crippen molar-refractivity contribution >= 4 is 11.4 Å². The Bertz CT molecular complexity index is 1160. The Morgan fingerprint density at radius 2 is 1.00 bits per heavy atom. The van der Waals surface area contributed by atoms with Gasteiger partial charge in [-0.05, 0) is 75.9 Å². The van der Waals surface area contributed by atoms with Crippen LogP contribution in [0.1, 0.15) is 57.1 Å². The molecule has 2 atom stereocenters. The number of hydrogen-bond acceptors (Lipinski definition) is 5. The number of nitrogens with zero attached hydrogens (tertiary/aromatic N) is 3. The minimum absolute atomic E-state index is 0.0503. The Balaban J connectivity index is 1.49. The summed E-state index contributed by atoms with van der Waals surface area (Å²) in [7, 11) is 0. The van der Waals surface area contributed by atoms with Crippen LogP contribution < -0.4 is 20.4 Å². The van der Waals surface area contributed by atoms with Crippen molar-refractivity contribution in [2.45, 2.75) is 53.9 Å². The predicted molar refractivity (Wildman–Crippen MR) is 141 cm³/mol. The van der Waals surface area contributed by atoms with Crippen molar-refractivity contribution in [3.63, 3.8) is 0 Å². The van der Waals surface area contributed by atoms with E-state index in [1.54, 1.807) is 0 Å². The van der Waals surface area contributed by atoms with Crippen LogP contribution in [0.3, 0.4) is 0 Å². The van der Waals surface area contributed by atoms with Crippen molar-refractivity contribution in [2.24, 2.45) is 0 Å². The third-order valence-corrected chi connectivity index (χ3v) is 6.67. The average molecular weight is 452 g/mol. The third-order valence-electron chi connectivity index (χ3n) is 6.67. The van der Waals surface area contributed by atoms with Gasteiger partial charge in [0.25, 0.3) is 0 Å². The molecular formula is C29H33N5. The average Bonchev–Trinajstić information content (AvgIpc) is 3.43. The lowest BCUT2D eigenvalue weighted by molar-refractivity contribution is 0.608. The first-order valence-electron chi connectivity index (χ1n) is 11.9. The fourth-order valence-electron chi connectivity index (χ4n) is 5.56. The third kappa shape index (κ3) is 3.81. The Kier molecular flexibility index (Phi) is 5.56. The molecule has 2 aliphatic rings. The van der Waals surface area contributed by atoms with E-state index < -0.39 is 0 Å². The monoisotopic (exact) mass is 451 g/mol. The molecule has 0 saturated carbocycles. The molecule has 174 valence electrons. The molecule has 0 amide bonds. The lowest BCUT2D eigenvalue weighted by Crippen LogP contribution is -2.31. The zero-order chi connectivity index (χ0) is 24.0. The van der Waals surface area contributed by atoms with Crippen LogP contribution in [-0.2, 0) is 0 Å². The van der Waals surface area contributed by atoms with Crippen molar-refractivity contribution in [2.75, 3.05) is 9.80 Å². The van der Waals surface area contributed by atoms with E-state index in [1.807, 2.05) is 12.4 Å². The van der Waals surface area contributed by atoms with Gasteiger partial charge in [-0.3, -0.25) is 0 Å². The second kappa shape index (κ2) is 8.56. The predicted octanol–water partition coefficient (Wildman–Crippen LogP) is 6.09. The van der Waals surface area contributed by atoms with Crippen LogP contribution in [0.5, 0.6) is 0 Å². The number of hydrogen-bond donors (Lipinski definition) is 2. The number of anilines is 2. The highest BCUT2D eigenvalue weighted by Crippen LogP contribution is 2.36. The van der Waals surface area contributed by atoms with E-state index in [2.05, 4.69) is 117 Å². The number of aromatic nitrogens is 1. The molecule has 34 heavy (non-hydrogen) atoms. The van der Waals surface area contributed by atoms with Gasteiger partial charge in [0, 0.05) is 36.2 Å². The molecule has 0 radical (unpaired) electrons. The summed E-state index contributed by atoms with van der Waals surface area (Å²) in [4.78, 5) is 9.74. The summed E-state index contributed by atoms with van der Waals surface area (Å²) in [5.41, 5.74) is 12.1. The maximum atomic E-state index is 5.15. The summed E-state index contributed by atoms with van der Waals surface area (Å²) < 4.78 is 0. The summed E-state index contributed by atoms with van der Waals surface area (Å²) >= 11 is 0. The Morgan fingerprint density at radius 3 is 1.38 bits per heavy atom. The van der Waals surface area contributed by atoms with Crippen LogP contribution in [0.4, 0.5) is 11.4 Å². The maximum absolute atomic E-state index is 5.15. The minimum Gasteiger partial charge on any atom is -0.365 e. The SMILES string of the molecule is Cc1cc(C)c(N2C=CNC2c2cccc(C3NC=CN3c3c(C)cc(C)cc3C)n2)c(C)c1. The molecule has 0 spiro atoms. The van der Waals surface area contributed by atoms with Crippen LogP contribution in [-0.4, -0.2) is 4.98 Å². The Morgan fingerprint density at radius 1 is 0.618 bits per heavy atom. The van der Waals surface area contributed by atoms with Crippen molar-refractivity contribution in [1.29, 1.82) is 0 Å². The molecule has 2 aromatic carbocycles. The van der Waals surface area contributed by atoms with Gasteiger partial charge < -0.3 is 20.4 Å². The van der Waals surface area contributed by atoms with Gasteiger partial charge in [0.05, 0.1) is 11.4 Å². The fraction of sp³-hybridized carbons (Fsp3) is 0.276. The lowest BCUT2D eigenvalue weighted by Gasteiger charge is -2.31. The second-order valence-electron chi connectivity index (χ2n) is 9.57. The summed E-state index contributed by atoms with van der Waals surface area (Å²) in [6, 6.07) is 15.3. The van der Waals surface area contributed by atoms with E-state index >= 15 is 0 Å². The highest BCUT2D eigenvalue weighted by atomic mass is 15.3. The summed E-state index contributed by atoms with van der Waals surface area (Å²) in [5, 5.41) is 7.02. The van der Waals surface area contributed by atoms with Crippen molar-refractivity contribution in [1.82, 2.24) is 15.6 Å². The van der Waals surface area contributed by atoms with Crippen LogP contribution in [0.25, 0.3) is 0 Å². The van der Waals surface area contributed by atoms with Crippen LogP contribution >= 0.6 is 0 Å².